The number of rotatable bonds is 1. The molecule has 1 aromatic carbocycles. The van der Waals surface area contributed by atoms with E-state index in [1.165, 1.54) is 0 Å². The molecular weight excluding hydrogens is 255 g/mol. The van der Waals surface area contributed by atoms with Crippen molar-refractivity contribution in [3.8, 4) is 5.75 Å². The molecule has 1 saturated heterocycles. The molecule has 5 heteroatoms. The Hall–Kier alpha value is -1.33. The Kier molecular flexibility index (Phi) is 2.96. The number of carbonyl (C=O) groups excluding carboxylic acids is 1. The largest absolute Gasteiger partial charge is 0.495 e. The van der Waals surface area contributed by atoms with E-state index in [1.807, 2.05) is 45.9 Å². The number of hydrogen-bond donors (Lipinski definition) is 0. The fraction of sp³-hybridized carbons (Fsp3) is 0.533. The zero-order valence-corrected chi connectivity index (χ0v) is 12.4. The summed E-state index contributed by atoms with van der Waals surface area (Å²) in [5, 5.41) is 0. The molecule has 0 amide bonds. The van der Waals surface area contributed by atoms with Crippen molar-refractivity contribution in [1.29, 1.82) is 0 Å². The molecule has 2 aliphatic heterocycles. The SMILES string of the molecule is CC1(C)OB(c2cccc3c2C(=O)CCO3)OC1(C)C. The lowest BCUT2D eigenvalue weighted by Gasteiger charge is -2.32. The van der Waals surface area contributed by atoms with Crippen LogP contribution in [0.25, 0.3) is 0 Å². The predicted molar refractivity (Wildman–Crippen MR) is 76.6 cm³/mol. The van der Waals surface area contributed by atoms with Gasteiger partial charge in [-0.1, -0.05) is 12.1 Å². The molecule has 0 spiro atoms. The average Bonchev–Trinajstić information content (AvgIpc) is 2.58. The lowest BCUT2D eigenvalue weighted by molar-refractivity contribution is 0.00578. The summed E-state index contributed by atoms with van der Waals surface area (Å²) in [6.45, 7) is 8.45. The number of Topliss-reactive ketones (excluding diaryl/α,β-unsaturated/α-hetero) is 1. The van der Waals surface area contributed by atoms with Crippen molar-refractivity contribution in [2.75, 3.05) is 6.61 Å². The molecule has 0 N–H and O–H groups in total. The third-order valence-corrected chi connectivity index (χ3v) is 4.43. The van der Waals surface area contributed by atoms with Gasteiger partial charge in [0, 0.05) is 6.42 Å². The van der Waals surface area contributed by atoms with Gasteiger partial charge in [-0.3, -0.25) is 4.79 Å². The molecule has 0 aromatic heterocycles. The van der Waals surface area contributed by atoms with Crippen molar-refractivity contribution in [1.82, 2.24) is 0 Å². The number of carbonyl (C=O) groups is 1. The molecule has 1 fully saturated rings. The van der Waals surface area contributed by atoms with Gasteiger partial charge in [-0.05, 0) is 39.2 Å². The molecule has 1 aromatic rings. The second-order valence-electron chi connectivity index (χ2n) is 6.33. The highest BCUT2D eigenvalue weighted by molar-refractivity contribution is 6.64. The minimum Gasteiger partial charge on any atom is -0.492 e. The lowest BCUT2D eigenvalue weighted by atomic mass is 9.74. The van der Waals surface area contributed by atoms with Gasteiger partial charge < -0.3 is 14.0 Å². The first kappa shape index (κ1) is 13.6. The second kappa shape index (κ2) is 4.33. The molecule has 3 rings (SSSR count). The average molecular weight is 274 g/mol. The molecule has 2 aliphatic rings. The van der Waals surface area contributed by atoms with Crippen LogP contribution in [0.5, 0.6) is 5.75 Å². The Morgan fingerprint density at radius 3 is 2.40 bits per heavy atom. The van der Waals surface area contributed by atoms with E-state index in [4.69, 9.17) is 14.0 Å². The second-order valence-corrected chi connectivity index (χ2v) is 6.33. The van der Waals surface area contributed by atoms with Crippen LogP contribution in [0.4, 0.5) is 0 Å². The van der Waals surface area contributed by atoms with Crippen LogP contribution in [0.2, 0.25) is 0 Å². The molecule has 2 heterocycles. The van der Waals surface area contributed by atoms with Crippen LogP contribution in [0, 0.1) is 0 Å². The Morgan fingerprint density at radius 2 is 1.75 bits per heavy atom. The van der Waals surface area contributed by atoms with E-state index in [0.717, 1.165) is 5.46 Å². The van der Waals surface area contributed by atoms with Gasteiger partial charge in [-0.25, -0.2) is 0 Å². The molecule has 0 unspecified atom stereocenters. The van der Waals surface area contributed by atoms with E-state index in [2.05, 4.69) is 0 Å². The first-order valence-electron chi connectivity index (χ1n) is 6.96. The maximum atomic E-state index is 12.2. The van der Waals surface area contributed by atoms with Crippen LogP contribution in [-0.4, -0.2) is 30.7 Å². The maximum absolute atomic E-state index is 12.2. The minimum absolute atomic E-state index is 0.0940. The summed E-state index contributed by atoms with van der Waals surface area (Å²) >= 11 is 0. The number of hydrogen-bond acceptors (Lipinski definition) is 4. The summed E-state index contributed by atoms with van der Waals surface area (Å²) in [5.41, 5.74) is 0.542. The summed E-state index contributed by atoms with van der Waals surface area (Å²) in [6, 6.07) is 5.58. The summed E-state index contributed by atoms with van der Waals surface area (Å²) in [4.78, 5) is 12.2. The van der Waals surface area contributed by atoms with E-state index in [-0.39, 0.29) is 5.78 Å². The normalized spacial score (nSPS) is 23.4. The molecule has 4 nitrogen and oxygen atoms in total. The third-order valence-electron chi connectivity index (χ3n) is 4.43. The summed E-state index contributed by atoms with van der Waals surface area (Å²) in [5.74, 6) is 0.727. The molecule has 20 heavy (non-hydrogen) atoms. The van der Waals surface area contributed by atoms with Gasteiger partial charge in [0.1, 0.15) is 5.75 Å². The molecule has 0 saturated carbocycles. The van der Waals surface area contributed by atoms with E-state index >= 15 is 0 Å². The van der Waals surface area contributed by atoms with E-state index in [0.29, 0.717) is 24.3 Å². The summed E-state index contributed by atoms with van der Waals surface area (Å²) in [6.07, 6.45) is 0.406. The van der Waals surface area contributed by atoms with Gasteiger partial charge in [0.05, 0.1) is 23.4 Å². The van der Waals surface area contributed by atoms with Crippen molar-refractivity contribution >= 4 is 18.4 Å². The summed E-state index contributed by atoms with van der Waals surface area (Å²) < 4.78 is 17.6. The van der Waals surface area contributed by atoms with Crippen LogP contribution in [0.3, 0.4) is 0 Å². The van der Waals surface area contributed by atoms with Crippen LogP contribution < -0.4 is 10.2 Å². The van der Waals surface area contributed by atoms with E-state index in [9.17, 15) is 4.79 Å². The van der Waals surface area contributed by atoms with Crippen LogP contribution >= 0.6 is 0 Å². The quantitative estimate of drug-likeness (QED) is 0.734. The first-order chi connectivity index (χ1) is 9.32. The van der Waals surface area contributed by atoms with Crippen LogP contribution in [0.1, 0.15) is 44.5 Å². The van der Waals surface area contributed by atoms with Crippen LogP contribution in [0.15, 0.2) is 18.2 Å². The van der Waals surface area contributed by atoms with Gasteiger partial charge in [0.2, 0.25) is 0 Å². The molecule has 0 atom stereocenters. The number of ether oxygens (including phenoxy) is 1. The monoisotopic (exact) mass is 274 g/mol. The first-order valence-corrected chi connectivity index (χ1v) is 6.96. The molecule has 0 aliphatic carbocycles. The Labute approximate surface area is 119 Å². The molecule has 0 bridgehead atoms. The Balaban J connectivity index is 2.03. The van der Waals surface area contributed by atoms with E-state index < -0.39 is 18.3 Å². The maximum Gasteiger partial charge on any atom is 0.495 e. The number of fused-ring (bicyclic) bond motifs is 1. The van der Waals surface area contributed by atoms with Gasteiger partial charge in [-0.2, -0.15) is 0 Å². The predicted octanol–water partition coefficient (Wildman–Crippen LogP) is 1.95. The van der Waals surface area contributed by atoms with Crippen molar-refractivity contribution in [3.63, 3.8) is 0 Å². The fourth-order valence-corrected chi connectivity index (χ4v) is 2.51. The smallest absolute Gasteiger partial charge is 0.492 e. The summed E-state index contributed by atoms with van der Waals surface area (Å²) in [7, 11) is -0.527. The zero-order chi connectivity index (χ0) is 14.5. The standard InChI is InChI=1S/C15H19BO4/c1-14(2)15(3,4)20-16(19-14)10-6-5-7-12-13(10)11(17)8-9-18-12/h5-7H,8-9H2,1-4H3. The Bertz CT molecular complexity index is 549. The van der Waals surface area contributed by atoms with Gasteiger partial charge in [-0.15, -0.1) is 0 Å². The van der Waals surface area contributed by atoms with E-state index in [1.54, 1.807) is 0 Å². The van der Waals surface area contributed by atoms with Gasteiger partial charge in [0.25, 0.3) is 0 Å². The molecule has 106 valence electrons. The van der Waals surface area contributed by atoms with Crippen molar-refractivity contribution in [2.24, 2.45) is 0 Å². The highest BCUT2D eigenvalue weighted by Crippen LogP contribution is 2.37. The highest BCUT2D eigenvalue weighted by atomic mass is 16.7. The highest BCUT2D eigenvalue weighted by Gasteiger charge is 2.52. The van der Waals surface area contributed by atoms with Gasteiger partial charge in [0.15, 0.2) is 5.78 Å². The van der Waals surface area contributed by atoms with Crippen LogP contribution in [-0.2, 0) is 9.31 Å². The third kappa shape index (κ3) is 1.96. The Morgan fingerprint density at radius 1 is 1.10 bits per heavy atom. The molecule has 0 radical (unpaired) electrons. The van der Waals surface area contributed by atoms with Crippen molar-refractivity contribution < 1.29 is 18.8 Å². The minimum atomic E-state index is -0.527. The van der Waals surface area contributed by atoms with Crippen molar-refractivity contribution in [3.05, 3.63) is 23.8 Å². The lowest BCUT2D eigenvalue weighted by Crippen LogP contribution is -2.41. The zero-order valence-electron chi connectivity index (χ0n) is 12.4. The topological polar surface area (TPSA) is 44.8 Å². The molecular formula is C15H19BO4. The van der Waals surface area contributed by atoms with Crippen molar-refractivity contribution in [2.45, 2.75) is 45.3 Å². The number of ketones is 1. The van der Waals surface area contributed by atoms with Gasteiger partial charge >= 0.3 is 7.12 Å². The fourth-order valence-electron chi connectivity index (χ4n) is 2.51. The number of benzene rings is 1.